The summed E-state index contributed by atoms with van der Waals surface area (Å²) in [5, 5.41) is 5.14. The van der Waals surface area contributed by atoms with Crippen LogP contribution in [0.3, 0.4) is 0 Å². The summed E-state index contributed by atoms with van der Waals surface area (Å²) in [6.45, 7) is 0.310. The fourth-order valence-electron chi connectivity index (χ4n) is 4.07. The Kier molecular flexibility index (Phi) is 6.18. The van der Waals surface area contributed by atoms with E-state index in [1.165, 1.54) is 6.08 Å². The molecule has 6 heteroatoms. The SMILES string of the molecule is COc1ccc(/C=C/C(=O)NCc2cc3c([nH]c4ccccc43)c(-c3ccc(OC)cc3)n2)cc1. The van der Waals surface area contributed by atoms with E-state index in [2.05, 4.69) is 22.4 Å². The number of nitrogens with zero attached hydrogens (tertiary/aromatic N) is 1. The van der Waals surface area contributed by atoms with Gasteiger partial charge in [0.2, 0.25) is 5.91 Å². The summed E-state index contributed by atoms with van der Waals surface area (Å²) in [7, 11) is 3.27. The number of aromatic amines is 1. The van der Waals surface area contributed by atoms with Gasteiger partial charge in [-0.15, -0.1) is 0 Å². The smallest absolute Gasteiger partial charge is 0.244 e. The number of aromatic nitrogens is 2. The van der Waals surface area contributed by atoms with Crippen LogP contribution < -0.4 is 14.8 Å². The first kappa shape index (κ1) is 22.2. The molecule has 0 saturated carbocycles. The average molecular weight is 464 g/mol. The van der Waals surface area contributed by atoms with E-state index in [-0.39, 0.29) is 5.91 Å². The number of rotatable bonds is 7. The molecule has 5 rings (SSSR count). The highest BCUT2D eigenvalue weighted by molar-refractivity contribution is 6.11. The number of para-hydroxylation sites is 1. The minimum atomic E-state index is -0.187. The Morgan fingerprint density at radius 2 is 1.60 bits per heavy atom. The maximum absolute atomic E-state index is 12.5. The lowest BCUT2D eigenvalue weighted by atomic mass is 10.1. The Hall–Kier alpha value is -4.58. The zero-order valence-corrected chi connectivity index (χ0v) is 19.5. The maximum Gasteiger partial charge on any atom is 0.244 e. The van der Waals surface area contributed by atoms with Crippen molar-refractivity contribution in [1.82, 2.24) is 15.3 Å². The predicted octanol–water partition coefficient (Wildman–Crippen LogP) is 5.73. The second-order valence-corrected chi connectivity index (χ2v) is 8.11. The van der Waals surface area contributed by atoms with Crippen LogP contribution in [0.15, 0.2) is 84.9 Å². The van der Waals surface area contributed by atoms with Gasteiger partial charge >= 0.3 is 0 Å². The van der Waals surface area contributed by atoms with Crippen molar-refractivity contribution < 1.29 is 14.3 Å². The van der Waals surface area contributed by atoms with E-state index in [1.807, 2.05) is 66.7 Å². The lowest BCUT2D eigenvalue weighted by Gasteiger charge is -2.09. The second-order valence-electron chi connectivity index (χ2n) is 8.11. The molecule has 1 amide bonds. The monoisotopic (exact) mass is 463 g/mol. The minimum Gasteiger partial charge on any atom is -0.497 e. The number of amides is 1. The van der Waals surface area contributed by atoms with Gasteiger partial charge in [0.15, 0.2) is 0 Å². The first-order valence-corrected chi connectivity index (χ1v) is 11.3. The van der Waals surface area contributed by atoms with E-state index in [4.69, 9.17) is 14.5 Å². The number of pyridine rings is 1. The predicted molar refractivity (Wildman–Crippen MR) is 139 cm³/mol. The van der Waals surface area contributed by atoms with Crippen LogP contribution in [-0.2, 0) is 11.3 Å². The normalized spacial score (nSPS) is 11.3. The Morgan fingerprint density at radius 3 is 2.31 bits per heavy atom. The molecule has 3 aromatic carbocycles. The Labute approximate surface area is 203 Å². The molecule has 2 heterocycles. The third-order valence-electron chi connectivity index (χ3n) is 5.90. The number of ether oxygens (including phenoxy) is 2. The van der Waals surface area contributed by atoms with Gasteiger partial charge in [0.05, 0.1) is 37.7 Å². The molecule has 0 radical (unpaired) electrons. The molecule has 0 spiro atoms. The lowest BCUT2D eigenvalue weighted by molar-refractivity contribution is -0.116. The molecule has 0 atom stereocenters. The van der Waals surface area contributed by atoms with Crippen molar-refractivity contribution in [3.05, 3.63) is 96.2 Å². The van der Waals surface area contributed by atoms with Crippen LogP contribution in [0.5, 0.6) is 11.5 Å². The molecular formula is C29H25N3O3. The number of hydrogen-bond donors (Lipinski definition) is 2. The third kappa shape index (κ3) is 4.73. The largest absolute Gasteiger partial charge is 0.497 e. The van der Waals surface area contributed by atoms with Crippen LogP contribution in [0.2, 0.25) is 0 Å². The highest BCUT2D eigenvalue weighted by Gasteiger charge is 2.14. The van der Waals surface area contributed by atoms with E-state index in [0.717, 1.165) is 55.8 Å². The number of benzene rings is 3. The molecule has 0 aliphatic rings. The number of nitrogens with one attached hydrogen (secondary N) is 2. The number of hydrogen-bond acceptors (Lipinski definition) is 4. The summed E-state index contributed by atoms with van der Waals surface area (Å²) >= 11 is 0. The van der Waals surface area contributed by atoms with Crippen LogP contribution in [0.25, 0.3) is 39.1 Å². The van der Waals surface area contributed by atoms with Crippen LogP contribution in [0, 0.1) is 0 Å². The molecule has 6 nitrogen and oxygen atoms in total. The first-order valence-electron chi connectivity index (χ1n) is 11.3. The molecule has 2 N–H and O–H groups in total. The van der Waals surface area contributed by atoms with E-state index < -0.39 is 0 Å². The standard InChI is InChI=1S/C29H25N3O3/c1-34-22-12-7-19(8-13-22)9-16-27(33)30-18-21-17-25-24-5-3-4-6-26(24)32-29(25)28(31-21)20-10-14-23(35-2)15-11-20/h3-17,32H,18H2,1-2H3,(H,30,33)/b16-9+. The number of methoxy groups -OCH3 is 2. The average Bonchev–Trinajstić information content (AvgIpc) is 3.29. The van der Waals surface area contributed by atoms with Gasteiger partial charge in [-0.25, -0.2) is 4.98 Å². The summed E-state index contributed by atoms with van der Waals surface area (Å²) in [5.41, 5.74) is 5.50. The minimum absolute atomic E-state index is 0.187. The molecule has 2 aromatic heterocycles. The van der Waals surface area contributed by atoms with Crippen LogP contribution in [-0.4, -0.2) is 30.1 Å². The fourth-order valence-corrected chi connectivity index (χ4v) is 4.07. The zero-order valence-electron chi connectivity index (χ0n) is 19.5. The summed E-state index contributed by atoms with van der Waals surface area (Å²) in [6.07, 6.45) is 3.30. The van der Waals surface area contributed by atoms with Crippen LogP contribution >= 0.6 is 0 Å². The van der Waals surface area contributed by atoms with E-state index in [9.17, 15) is 4.79 Å². The van der Waals surface area contributed by atoms with Crippen LogP contribution in [0.4, 0.5) is 0 Å². The van der Waals surface area contributed by atoms with Crippen molar-refractivity contribution in [3.8, 4) is 22.8 Å². The van der Waals surface area contributed by atoms with Gasteiger partial charge in [0.25, 0.3) is 0 Å². The van der Waals surface area contributed by atoms with Crippen LogP contribution in [0.1, 0.15) is 11.3 Å². The van der Waals surface area contributed by atoms with Crippen molar-refractivity contribution in [2.24, 2.45) is 0 Å². The summed E-state index contributed by atoms with van der Waals surface area (Å²) < 4.78 is 10.5. The van der Waals surface area contributed by atoms with E-state index >= 15 is 0 Å². The first-order chi connectivity index (χ1) is 17.1. The van der Waals surface area contributed by atoms with E-state index in [1.54, 1.807) is 20.3 Å². The van der Waals surface area contributed by atoms with Gasteiger partial charge in [0.1, 0.15) is 11.5 Å². The quantitative estimate of drug-likeness (QED) is 0.302. The van der Waals surface area contributed by atoms with Gasteiger partial charge in [-0.3, -0.25) is 4.79 Å². The maximum atomic E-state index is 12.5. The van der Waals surface area contributed by atoms with E-state index in [0.29, 0.717) is 6.54 Å². The van der Waals surface area contributed by atoms with Crippen molar-refractivity contribution in [2.75, 3.05) is 14.2 Å². The highest BCUT2D eigenvalue weighted by atomic mass is 16.5. The molecule has 0 aliphatic heterocycles. The molecule has 0 aliphatic carbocycles. The number of H-pyrrole nitrogens is 1. The summed E-state index contributed by atoms with van der Waals surface area (Å²) in [6, 6.07) is 25.6. The third-order valence-corrected chi connectivity index (χ3v) is 5.90. The Morgan fingerprint density at radius 1 is 0.914 bits per heavy atom. The molecule has 0 bridgehead atoms. The van der Waals surface area contributed by atoms with Crippen molar-refractivity contribution in [2.45, 2.75) is 6.54 Å². The lowest BCUT2D eigenvalue weighted by Crippen LogP contribution is -2.21. The van der Waals surface area contributed by atoms with Gasteiger partial charge in [-0.05, 0) is 60.2 Å². The van der Waals surface area contributed by atoms with Gasteiger partial charge in [0, 0.05) is 27.9 Å². The van der Waals surface area contributed by atoms with Crippen molar-refractivity contribution in [3.63, 3.8) is 0 Å². The fraction of sp³-hybridized carbons (Fsp3) is 0.103. The molecule has 174 valence electrons. The molecule has 0 fully saturated rings. The molecule has 5 aromatic rings. The number of fused-ring (bicyclic) bond motifs is 3. The Balaban J connectivity index is 1.43. The molecular weight excluding hydrogens is 438 g/mol. The van der Waals surface area contributed by atoms with Gasteiger partial charge < -0.3 is 19.8 Å². The topological polar surface area (TPSA) is 76.2 Å². The zero-order chi connectivity index (χ0) is 24.2. The van der Waals surface area contributed by atoms with Crippen molar-refractivity contribution >= 4 is 33.8 Å². The summed E-state index contributed by atoms with van der Waals surface area (Å²) in [4.78, 5) is 20.9. The second kappa shape index (κ2) is 9.73. The molecule has 35 heavy (non-hydrogen) atoms. The molecule has 0 unspecified atom stereocenters. The van der Waals surface area contributed by atoms with Gasteiger partial charge in [-0.1, -0.05) is 30.3 Å². The highest BCUT2D eigenvalue weighted by Crippen LogP contribution is 2.33. The number of carbonyl (C=O) groups is 1. The Bertz CT molecular complexity index is 1520. The summed E-state index contributed by atoms with van der Waals surface area (Å²) in [5.74, 6) is 1.37. The van der Waals surface area contributed by atoms with Crippen molar-refractivity contribution in [1.29, 1.82) is 0 Å². The van der Waals surface area contributed by atoms with Gasteiger partial charge in [-0.2, -0.15) is 0 Å². The molecule has 0 saturated heterocycles. The number of carbonyl (C=O) groups excluding carboxylic acids is 1.